The van der Waals surface area contributed by atoms with Gasteiger partial charge in [0.15, 0.2) is 0 Å². The molecular weight excluding hydrogens is 132 g/mol. The molecule has 0 heteroatoms. The summed E-state index contributed by atoms with van der Waals surface area (Å²) in [5, 5.41) is 0. The minimum Gasteiger partial charge on any atom is -0.0877 e. The van der Waals surface area contributed by atoms with E-state index >= 15 is 0 Å². The second-order valence-corrected chi connectivity index (χ2v) is 2.93. The molecule has 0 aliphatic rings. The highest BCUT2D eigenvalue weighted by Gasteiger charge is 1.94. The average Bonchev–Trinajstić information content (AvgIpc) is 2.04. The molecule has 0 bridgehead atoms. The quantitative estimate of drug-likeness (QED) is 0.525. The van der Waals surface area contributed by atoms with Gasteiger partial charge in [0.1, 0.15) is 0 Å². The molecule has 0 spiro atoms. The van der Waals surface area contributed by atoms with E-state index in [4.69, 9.17) is 0 Å². The van der Waals surface area contributed by atoms with Crippen LogP contribution in [0.1, 0.15) is 33.1 Å². The highest BCUT2D eigenvalue weighted by molar-refractivity contribution is 5.00. The lowest BCUT2D eigenvalue weighted by atomic mass is 10.0. The summed E-state index contributed by atoms with van der Waals surface area (Å²) in [4.78, 5) is 0. The molecule has 0 saturated heterocycles. The van der Waals surface area contributed by atoms with Gasteiger partial charge in [0.2, 0.25) is 0 Å². The Kier molecular flexibility index (Phi) is 7.23. The van der Waals surface area contributed by atoms with Gasteiger partial charge >= 0.3 is 0 Å². The van der Waals surface area contributed by atoms with Gasteiger partial charge in [0.25, 0.3) is 0 Å². The lowest BCUT2D eigenvalue weighted by Crippen LogP contribution is -1.89. The van der Waals surface area contributed by atoms with Crippen LogP contribution in [0.4, 0.5) is 0 Å². The molecule has 0 heterocycles. The van der Waals surface area contributed by atoms with E-state index in [1.54, 1.807) is 0 Å². The van der Waals surface area contributed by atoms with Crippen LogP contribution in [0.3, 0.4) is 0 Å². The van der Waals surface area contributed by atoms with Gasteiger partial charge in [-0.3, -0.25) is 0 Å². The Hall–Kier alpha value is -0.520. The van der Waals surface area contributed by atoms with Crippen molar-refractivity contribution in [2.24, 2.45) is 5.92 Å². The van der Waals surface area contributed by atoms with Crippen LogP contribution < -0.4 is 0 Å². The van der Waals surface area contributed by atoms with E-state index < -0.39 is 0 Å². The monoisotopic (exact) mass is 151 g/mol. The van der Waals surface area contributed by atoms with Crippen molar-refractivity contribution in [1.82, 2.24) is 0 Å². The lowest BCUT2D eigenvalue weighted by Gasteiger charge is -2.03. The second kappa shape index (κ2) is 7.59. The molecule has 11 heavy (non-hydrogen) atoms. The molecule has 1 radical (unpaired) electrons. The van der Waals surface area contributed by atoms with Crippen LogP contribution in [-0.2, 0) is 0 Å². The third-order valence-corrected chi connectivity index (χ3v) is 1.76. The minimum atomic E-state index is 0.769. The summed E-state index contributed by atoms with van der Waals surface area (Å²) in [6, 6.07) is 0. The summed E-state index contributed by atoms with van der Waals surface area (Å²) in [5.74, 6) is 0.769. The van der Waals surface area contributed by atoms with Crippen LogP contribution in [0.15, 0.2) is 24.3 Å². The SMILES string of the molecule is [CH2]CC(C)CCC=CC=CC. The van der Waals surface area contributed by atoms with Gasteiger partial charge in [-0.25, -0.2) is 0 Å². The zero-order valence-corrected chi connectivity index (χ0v) is 7.72. The van der Waals surface area contributed by atoms with Crippen LogP contribution in [0.5, 0.6) is 0 Å². The molecule has 1 atom stereocenters. The Morgan fingerprint density at radius 3 is 2.64 bits per heavy atom. The average molecular weight is 151 g/mol. The lowest BCUT2D eigenvalue weighted by molar-refractivity contribution is 0.545. The van der Waals surface area contributed by atoms with Crippen molar-refractivity contribution in [3.63, 3.8) is 0 Å². The molecule has 0 aliphatic heterocycles. The van der Waals surface area contributed by atoms with Crippen molar-refractivity contribution in [2.75, 3.05) is 0 Å². The smallest absolute Gasteiger partial charge is 0.0345 e. The van der Waals surface area contributed by atoms with Gasteiger partial charge in [-0.2, -0.15) is 0 Å². The fourth-order valence-electron chi connectivity index (χ4n) is 0.811. The normalized spacial score (nSPS) is 14.8. The molecule has 0 fully saturated rings. The second-order valence-electron chi connectivity index (χ2n) is 2.93. The van der Waals surface area contributed by atoms with E-state index in [-0.39, 0.29) is 0 Å². The molecule has 0 aromatic heterocycles. The van der Waals surface area contributed by atoms with Crippen molar-refractivity contribution in [2.45, 2.75) is 33.1 Å². The summed E-state index contributed by atoms with van der Waals surface area (Å²) in [6.45, 7) is 8.14. The third kappa shape index (κ3) is 7.38. The van der Waals surface area contributed by atoms with E-state index in [1.165, 1.54) is 12.8 Å². The standard InChI is InChI=1S/C11H19/c1-4-6-7-8-9-10-11(3)5-2/h4,6-8,11H,2,5,9-10H2,1,3H3. The maximum Gasteiger partial charge on any atom is -0.0345 e. The predicted octanol–water partition coefficient (Wildman–Crippen LogP) is 3.76. The topological polar surface area (TPSA) is 0 Å². The predicted molar refractivity (Wildman–Crippen MR) is 52.3 cm³/mol. The Morgan fingerprint density at radius 2 is 2.09 bits per heavy atom. The molecule has 0 saturated carbocycles. The van der Waals surface area contributed by atoms with Crippen molar-refractivity contribution in [1.29, 1.82) is 0 Å². The molecule has 0 aromatic rings. The van der Waals surface area contributed by atoms with Crippen LogP contribution in [0.2, 0.25) is 0 Å². The summed E-state index contributed by atoms with van der Waals surface area (Å²) in [5.41, 5.74) is 0. The molecule has 0 amide bonds. The van der Waals surface area contributed by atoms with Crippen molar-refractivity contribution >= 4 is 0 Å². The van der Waals surface area contributed by atoms with E-state index in [0.29, 0.717) is 0 Å². The molecule has 1 unspecified atom stereocenters. The maximum atomic E-state index is 3.86. The van der Waals surface area contributed by atoms with Crippen molar-refractivity contribution in [3.8, 4) is 0 Å². The van der Waals surface area contributed by atoms with Gasteiger partial charge < -0.3 is 0 Å². The molecule has 0 rings (SSSR count). The van der Waals surface area contributed by atoms with E-state index in [2.05, 4.69) is 32.1 Å². The highest BCUT2D eigenvalue weighted by atomic mass is 14.0. The highest BCUT2D eigenvalue weighted by Crippen LogP contribution is 2.08. The molecule has 0 aliphatic carbocycles. The first-order valence-electron chi connectivity index (χ1n) is 4.38. The number of hydrogen-bond acceptors (Lipinski definition) is 0. The van der Waals surface area contributed by atoms with Crippen molar-refractivity contribution < 1.29 is 0 Å². The summed E-state index contributed by atoms with van der Waals surface area (Å²) < 4.78 is 0. The molecule has 0 N–H and O–H groups in total. The third-order valence-electron chi connectivity index (χ3n) is 1.76. The maximum absolute atomic E-state index is 3.86. The first kappa shape index (κ1) is 10.5. The zero-order valence-electron chi connectivity index (χ0n) is 7.72. The summed E-state index contributed by atoms with van der Waals surface area (Å²) in [7, 11) is 0. The Morgan fingerprint density at radius 1 is 1.36 bits per heavy atom. The number of hydrogen-bond donors (Lipinski definition) is 0. The molecule has 63 valence electrons. The fraction of sp³-hybridized carbons (Fsp3) is 0.545. The zero-order chi connectivity index (χ0) is 8.53. The minimum absolute atomic E-state index is 0.769. The van der Waals surface area contributed by atoms with Crippen LogP contribution in [0.25, 0.3) is 0 Å². The number of rotatable bonds is 5. The number of allylic oxidation sites excluding steroid dienone is 4. The fourth-order valence-corrected chi connectivity index (χ4v) is 0.811. The van der Waals surface area contributed by atoms with Crippen LogP contribution >= 0.6 is 0 Å². The molecular formula is C11H19. The van der Waals surface area contributed by atoms with Gasteiger partial charge in [0.05, 0.1) is 0 Å². The van der Waals surface area contributed by atoms with Crippen LogP contribution in [0, 0.1) is 12.8 Å². The Labute approximate surface area is 71.0 Å². The van der Waals surface area contributed by atoms with E-state index in [1.807, 2.05) is 13.0 Å². The Balaban J connectivity index is 3.26. The molecule has 0 aromatic carbocycles. The Bertz CT molecular complexity index is 120. The molecule has 0 nitrogen and oxygen atoms in total. The van der Waals surface area contributed by atoms with Crippen LogP contribution in [-0.4, -0.2) is 0 Å². The first-order chi connectivity index (χ1) is 5.31. The van der Waals surface area contributed by atoms with Gasteiger partial charge in [-0.05, 0) is 25.7 Å². The van der Waals surface area contributed by atoms with Gasteiger partial charge in [0, 0.05) is 0 Å². The van der Waals surface area contributed by atoms with Crippen molar-refractivity contribution in [3.05, 3.63) is 31.2 Å². The van der Waals surface area contributed by atoms with E-state index in [9.17, 15) is 0 Å². The van der Waals surface area contributed by atoms with E-state index in [0.717, 1.165) is 12.3 Å². The van der Waals surface area contributed by atoms with Gasteiger partial charge in [-0.15, -0.1) is 0 Å². The summed E-state index contributed by atoms with van der Waals surface area (Å²) in [6.07, 6.45) is 11.9. The largest absolute Gasteiger partial charge is 0.0877 e. The van der Waals surface area contributed by atoms with Gasteiger partial charge in [-0.1, -0.05) is 44.6 Å². The summed E-state index contributed by atoms with van der Waals surface area (Å²) >= 11 is 0. The first-order valence-corrected chi connectivity index (χ1v) is 4.38.